The fourth-order valence-electron chi connectivity index (χ4n) is 5.09. The Morgan fingerprint density at radius 3 is 2.85 bits per heavy atom. The van der Waals surface area contributed by atoms with Crippen LogP contribution in [0, 0.1) is 17.8 Å². The van der Waals surface area contributed by atoms with E-state index in [1.165, 1.54) is 14.2 Å². The molecular formula is C27H29F3N6O2Se. The number of hydrogen-bond donors (Lipinski definition) is 3. The monoisotopic (exact) mass is 606 g/mol. The maximum atomic E-state index is 13.6. The van der Waals surface area contributed by atoms with E-state index in [1.54, 1.807) is 34.8 Å². The van der Waals surface area contributed by atoms with Crippen molar-refractivity contribution < 1.29 is 22.7 Å². The molecule has 1 aliphatic heterocycles. The molecule has 8 nitrogen and oxygen atoms in total. The van der Waals surface area contributed by atoms with Crippen LogP contribution in [0.3, 0.4) is 0 Å². The van der Waals surface area contributed by atoms with Crippen molar-refractivity contribution in [1.29, 1.82) is 0 Å². The Morgan fingerprint density at radius 1 is 1.31 bits per heavy atom. The van der Waals surface area contributed by atoms with Crippen LogP contribution in [-0.2, 0) is 0 Å². The van der Waals surface area contributed by atoms with Crippen LogP contribution in [0.25, 0.3) is 5.52 Å². The first-order valence-corrected chi connectivity index (χ1v) is 14.2. The molecule has 2 unspecified atom stereocenters. The second kappa shape index (κ2) is 10.6. The van der Waals surface area contributed by atoms with Gasteiger partial charge in [-0.2, -0.15) is 0 Å². The van der Waals surface area contributed by atoms with Gasteiger partial charge in [0.25, 0.3) is 0 Å². The molecule has 0 spiro atoms. The van der Waals surface area contributed by atoms with Crippen molar-refractivity contribution >= 4 is 42.3 Å². The van der Waals surface area contributed by atoms with E-state index in [1.807, 2.05) is 6.07 Å². The van der Waals surface area contributed by atoms with Gasteiger partial charge >= 0.3 is 231 Å². The molecule has 3 heterocycles. The van der Waals surface area contributed by atoms with E-state index in [9.17, 15) is 18.0 Å². The number of anilines is 2. The predicted molar refractivity (Wildman–Crippen MR) is 145 cm³/mol. The molecule has 2 aliphatic rings. The second-order valence-corrected chi connectivity index (χ2v) is 12.0. The van der Waals surface area contributed by atoms with Crippen molar-refractivity contribution in [2.45, 2.75) is 23.5 Å². The van der Waals surface area contributed by atoms with Gasteiger partial charge in [0.05, 0.1) is 0 Å². The third-order valence-electron chi connectivity index (χ3n) is 7.17. The van der Waals surface area contributed by atoms with Gasteiger partial charge in [0.1, 0.15) is 0 Å². The quantitative estimate of drug-likeness (QED) is 0.284. The molecule has 2 fully saturated rings. The first kappa shape index (κ1) is 27.2. The number of alkyl halides is 3. The summed E-state index contributed by atoms with van der Waals surface area (Å²) in [5.74, 6) is 7.21. The van der Waals surface area contributed by atoms with Gasteiger partial charge in [-0.25, -0.2) is 0 Å². The third kappa shape index (κ3) is 5.81. The van der Waals surface area contributed by atoms with E-state index in [-0.39, 0.29) is 28.1 Å². The average molecular weight is 606 g/mol. The van der Waals surface area contributed by atoms with Crippen LogP contribution in [0.2, 0.25) is 0 Å². The number of carbonyl (C=O) groups excluding carboxylic acids is 1. The predicted octanol–water partition coefficient (Wildman–Crippen LogP) is 2.52. The number of likely N-dealkylation sites (tertiary alicyclic amines) is 1. The van der Waals surface area contributed by atoms with Crippen LogP contribution in [-0.4, -0.2) is 86.8 Å². The Bertz CT molecular complexity index is 1460. The van der Waals surface area contributed by atoms with Crippen molar-refractivity contribution in [2.24, 2.45) is 5.92 Å². The maximum absolute atomic E-state index is 13.6. The fraction of sp³-hybridized carbons (Fsp3) is 0.407. The third-order valence-corrected chi connectivity index (χ3v) is 8.93. The van der Waals surface area contributed by atoms with E-state index in [2.05, 4.69) is 44.8 Å². The molecule has 0 radical (unpaired) electrons. The van der Waals surface area contributed by atoms with Crippen molar-refractivity contribution in [3.05, 3.63) is 47.7 Å². The first-order valence-electron chi connectivity index (χ1n) is 12.5. The van der Waals surface area contributed by atoms with E-state index >= 15 is 0 Å². The number of hydrogen-bond acceptors (Lipinski definition) is 6. The fourth-order valence-corrected chi connectivity index (χ4v) is 6.52. The number of amides is 1. The van der Waals surface area contributed by atoms with Crippen molar-refractivity contribution in [3.8, 4) is 17.6 Å². The van der Waals surface area contributed by atoms with Crippen LogP contribution in [0.5, 0.6) is 5.75 Å². The summed E-state index contributed by atoms with van der Waals surface area (Å²) in [4.78, 5) is 14.3. The van der Waals surface area contributed by atoms with Gasteiger partial charge in [0.15, 0.2) is 0 Å². The van der Waals surface area contributed by atoms with E-state index < -0.39 is 20.0 Å². The molecule has 1 aliphatic carbocycles. The summed E-state index contributed by atoms with van der Waals surface area (Å²) in [6.07, 6.45) is 2.02. The molecule has 0 bridgehead atoms. The first-order chi connectivity index (χ1) is 18.6. The molecule has 12 heteroatoms. The van der Waals surface area contributed by atoms with Gasteiger partial charge < -0.3 is 0 Å². The summed E-state index contributed by atoms with van der Waals surface area (Å²) >= 11 is -1.82. The number of benzene rings is 1. The van der Waals surface area contributed by atoms with Gasteiger partial charge in [-0.3, -0.25) is 0 Å². The molecule has 1 saturated carbocycles. The summed E-state index contributed by atoms with van der Waals surface area (Å²) in [5.41, 5.74) is 1.48. The zero-order chi connectivity index (χ0) is 27.8. The summed E-state index contributed by atoms with van der Waals surface area (Å²) in [6, 6.07) is 10.2. The number of piperidine rings is 1. The minimum absolute atomic E-state index is 0.0277. The number of halogens is 3. The topological polar surface area (TPSA) is 82.9 Å². The number of aromatic nitrogens is 2. The normalized spacial score (nSPS) is 20.5. The average Bonchev–Trinajstić information content (AvgIpc) is 3.50. The Labute approximate surface area is 230 Å². The summed E-state index contributed by atoms with van der Waals surface area (Å²) in [6.45, 7) is 2.09. The number of rotatable bonds is 7. The Balaban J connectivity index is 1.41. The minimum atomic E-state index is -4.35. The second-order valence-electron chi connectivity index (χ2n) is 9.78. The molecule has 206 valence electrons. The number of pyridine rings is 1. The van der Waals surface area contributed by atoms with Gasteiger partial charge in [-0.1, -0.05) is 0 Å². The SMILES string of the molecule is CNC(=O)c1ccc(OC)c(NCC#Cc2nn3c(NC45CCN(C)CC4C5)cccc3c2[Se]C(F)(F)F)c1. The zero-order valence-corrected chi connectivity index (χ0v) is 23.5. The van der Waals surface area contributed by atoms with Crippen molar-refractivity contribution in [3.63, 3.8) is 0 Å². The summed E-state index contributed by atoms with van der Waals surface area (Å²) in [7, 11) is 5.16. The Kier molecular flexibility index (Phi) is 7.42. The molecule has 1 saturated heterocycles. The Morgan fingerprint density at radius 2 is 2.13 bits per heavy atom. The number of carbonyl (C=O) groups is 1. The number of fused-ring (bicyclic) bond motifs is 2. The Hall–Kier alpha value is -3.39. The van der Waals surface area contributed by atoms with Crippen LogP contribution < -0.4 is 25.1 Å². The molecule has 5 rings (SSSR count). The van der Waals surface area contributed by atoms with Crippen LogP contribution >= 0.6 is 0 Å². The van der Waals surface area contributed by atoms with Gasteiger partial charge in [0, 0.05) is 0 Å². The summed E-state index contributed by atoms with van der Waals surface area (Å²) < 4.78 is 47.8. The molecule has 2 atom stereocenters. The molecule has 39 heavy (non-hydrogen) atoms. The van der Waals surface area contributed by atoms with Gasteiger partial charge in [0.2, 0.25) is 0 Å². The number of nitrogens with one attached hydrogen (secondary N) is 3. The van der Waals surface area contributed by atoms with E-state index in [4.69, 9.17) is 4.74 Å². The standard InChI is InChI=1S/C27H29F3N6O2Se/c1-31-25(37)17-9-10-22(38-3)20(14-17)32-12-5-6-19-24(39-27(28,29)30)21-7-4-8-23(36(21)34-19)33-26-11-13-35(2)16-18(26)15-26/h4,7-10,14,18,32-33H,11-13,15-16H2,1-3H3,(H,31,37). The molecule has 2 aromatic heterocycles. The molecule has 1 amide bonds. The van der Waals surface area contributed by atoms with Crippen LogP contribution in [0.1, 0.15) is 28.9 Å². The number of nitrogens with zero attached hydrogens (tertiary/aromatic N) is 3. The molecule has 3 aromatic rings. The zero-order valence-electron chi connectivity index (χ0n) is 21.8. The summed E-state index contributed by atoms with van der Waals surface area (Å²) in [5, 5.41) is 9.45. The van der Waals surface area contributed by atoms with Crippen molar-refractivity contribution in [1.82, 2.24) is 19.8 Å². The van der Waals surface area contributed by atoms with Crippen LogP contribution in [0.15, 0.2) is 36.4 Å². The molecular weight excluding hydrogens is 576 g/mol. The van der Waals surface area contributed by atoms with E-state index in [0.29, 0.717) is 34.3 Å². The van der Waals surface area contributed by atoms with Crippen molar-refractivity contribution in [2.75, 3.05) is 51.5 Å². The van der Waals surface area contributed by atoms with E-state index in [0.717, 1.165) is 25.9 Å². The molecule has 3 N–H and O–H groups in total. The van der Waals surface area contributed by atoms with Gasteiger partial charge in [-0.05, 0) is 0 Å². The number of methoxy groups -OCH3 is 1. The van der Waals surface area contributed by atoms with Gasteiger partial charge in [-0.15, -0.1) is 0 Å². The molecule has 1 aromatic carbocycles. The van der Waals surface area contributed by atoms with Crippen LogP contribution in [0.4, 0.5) is 24.7 Å². The number of ether oxygens (including phenoxy) is 1.